The highest BCUT2D eigenvalue weighted by Crippen LogP contribution is 2.19. The van der Waals surface area contributed by atoms with E-state index in [4.69, 9.17) is 5.73 Å². The molecule has 0 aromatic carbocycles. The van der Waals surface area contributed by atoms with Crippen molar-refractivity contribution in [3.05, 3.63) is 24.0 Å². The SMILES string of the molecule is CCC(CC)(CC)NC(=O)c1cc(N)ccn1. The van der Waals surface area contributed by atoms with Crippen molar-refractivity contribution in [3.8, 4) is 0 Å². The summed E-state index contributed by atoms with van der Waals surface area (Å²) in [6.45, 7) is 6.25. The van der Waals surface area contributed by atoms with Crippen LogP contribution in [0.3, 0.4) is 0 Å². The molecule has 0 aliphatic heterocycles. The molecule has 0 saturated carbocycles. The van der Waals surface area contributed by atoms with Crippen LogP contribution in [0.2, 0.25) is 0 Å². The zero-order valence-corrected chi connectivity index (χ0v) is 10.8. The molecule has 1 aromatic rings. The normalized spacial score (nSPS) is 11.2. The van der Waals surface area contributed by atoms with Crippen molar-refractivity contribution in [2.24, 2.45) is 0 Å². The summed E-state index contributed by atoms with van der Waals surface area (Å²) >= 11 is 0. The van der Waals surface area contributed by atoms with Gasteiger partial charge in [-0.25, -0.2) is 0 Å². The minimum absolute atomic E-state index is 0.136. The molecule has 0 atom stereocenters. The highest BCUT2D eigenvalue weighted by Gasteiger charge is 2.26. The Morgan fingerprint density at radius 1 is 1.35 bits per heavy atom. The van der Waals surface area contributed by atoms with Crippen molar-refractivity contribution in [1.82, 2.24) is 10.3 Å². The van der Waals surface area contributed by atoms with Crippen LogP contribution in [0.4, 0.5) is 5.69 Å². The van der Waals surface area contributed by atoms with E-state index in [2.05, 4.69) is 31.1 Å². The van der Waals surface area contributed by atoms with Gasteiger partial charge in [-0.05, 0) is 31.4 Å². The Balaban J connectivity index is 2.84. The average molecular weight is 235 g/mol. The number of carbonyl (C=O) groups is 1. The van der Waals surface area contributed by atoms with Crippen LogP contribution in [-0.4, -0.2) is 16.4 Å². The second-order valence-electron chi connectivity index (χ2n) is 4.27. The summed E-state index contributed by atoms with van der Waals surface area (Å²) in [5, 5.41) is 3.07. The third-order valence-electron chi connectivity index (χ3n) is 3.43. The predicted molar refractivity (Wildman–Crippen MR) is 69.7 cm³/mol. The number of rotatable bonds is 5. The summed E-state index contributed by atoms with van der Waals surface area (Å²) in [4.78, 5) is 16.1. The quantitative estimate of drug-likeness (QED) is 0.823. The van der Waals surface area contributed by atoms with Gasteiger partial charge >= 0.3 is 0 Å². The van der Waals surface area contributed by atoms with Crippen LogP contribution in [0.25, 0.3) is 0 Å². The Kier molecular flexibility index (Phi) is 4.49. The molecule has 17 heavy (non-hydrogen) atoms. The number of anilines is 1. The smallest absolute Gasteiger partial charge is 0.270 e. The van der Waals surface area contributed by atoms with Gasteiger partial charge < -0.3 is 11.1 Å². The summed E-state index contributed by atoms with van der Waals surface area (Å²) in [5.41, 5.74) is 6.44. The zero-order chi connectivity index (χ0) is 12.9. The lowest BCUT2D eigenvalue weighted by Crippen LogP contribution is -2.47. The van der Waals surface area contributed by atoms with E-state index in [1.165, 1.54) is 0 Å². The molecule has 0 spiro atoms. The van der Waals surface area contributed by atoms with Gasteiger partial charge in [0, 0.05) is 17.4 Å². The van der Waals surface area contributed by atoms with E-state index in [1.807, 2.05) is 0 Å². The van der Waals surface area contributed by atoms with Crippen LogP contribution in [0, 0.1) is 0 Å². The Morgan fingerprint density at radius 3 is 2.41 bits per heavy atom. The third-order valence-corrected chi connectivity index (χ3v) is 3.43. The van der Waals surface area contributed by atoms with E-state index in [9.17, 15) is 4.79 Å². The number of nitrogens with two attached hydrogens (primary N) is 1. The molecule has 1 heterocycles. The van der Waals surface area contributed by atoms with Crippen LogP contribution < -0.4 is 11.1 Å². The lowest BCUT2D eigenvalue weighted by molar-refractivity contribution is 0.0883. The molecule has 0 aliphatic carbocycles. The first-order valence-corrected chi connectivity index (χ1v) is 6.11. The van der Waals surface area contributed by atoms with E-state index >= 15 is 0 Å². The number of pyridine rings is 1. The summed E-state index contributed by atoms with van der Waals surface area (Å²) in [6, 6.07) is 3.27. The maximum absolute atomic E-state index is 12.1. The number of hydrogen-bond donors (Lipinski definition) is 2. The molecule has 4 nitrogen and oxygen atoms in total. The minimum atomic E-state index is -0.150. The molecule has 0 radical (unpaired) electrons. The molecule has 0 unspecified atom stereocenters. The van der Waals surface area contributed by atoms with Gasteiger partial charge in [-0.3, -0.25) is 9.78 Å². The highest BCUT2D eigenvalue weighted by atomic mass is 16.2. The molecular weight excluding hydrogens is 214 g/mol. The molecule has 0 fully saturated rings. The first-order valence-electron chi connectivity index (χ1n) is 6.11. The molecule has 4 heteroatoms. The summed E-state index contributed by atoms with van der Waals surface area (Å²) in [6.07, 6.45) is 4.28. The van der Waals surface area contributed by atoms with Gasteiger partial charge in [-0.2, -0.15) is 0 Å². The van der Waals surface area contributed by atoms with Gasteiger partial charge in [0.05, 0.1) is 0 Å². The zero-order valence-electron chi connectivity index (χ0n) is 10.8. The molecule has 1 rings (SSSR count). The van der Waals surface area contributed by atoms with Crippen LogP contribution >= 0.6 is 0 Å². The second kappa shape index (κ2) is 5.66. The Hall–Kier alpha value is -1.58. The largest absolute Gasteiger partial charge is 0.399 e. The number of carbonyl (C=O) groups excluding carboxylic acids is 1. The van der Waals surface area contributed by atoms with Crippen molar-refractivity contribution < 1.29 is 4.79 Å². The Bertz CT molecular complexity index is 378. The fraction of sp³-hybridized carbons (Fsp3) is 0.538. The topological polar surface area (TPSA) is 68.0 Å². The van der Waals surface area contributed by atoms with E-state index < -0.39 is 0 Å². The number of nitrogens with zero attached hydrogens (tertiary/aromatic N) is 1. The fourth-order valence-corrected chi connectivity index (χ4v) is 1.89. The molecule has 0 aliphatic rings. The molecular formula is C13H21N3O. The van der Waals surface area contributed by atoms with Crippen molar-refractivity contribution in [2.75, 3.05) is 5.73 Å². The lowest BCUT2D eigenvalue weighted by Gasteiger charge is -2.31. The van der Waals surface area contributed by atoms with Crippen molar-refractivity contribution in [1.29, 1.82) is 0 Å². The lowest BCUT2D eigenvalue weighted by atomic mass is 9.89. The second-order valence-corrected chi connectivity index (χ2v) is 4.27. The van der Waals surface area contributed by atoms with Crippen molar-refractivity contribution in [3.63, 3.8) is 0 Å². The fourth-order valence-electron chi connectivity index (χ4n) is 1.89. The Morgan fingerprint density at radius 2 is 1.94 bits per heavy atom. The third kappa shape index (κ3) is 3.19. The number of nitrogen functional groups attached to an aromatic ring is 1. The maximum Gasteiger partial charge on any atom is 0.270 e. The molecule has 0 saturated heterocycles. The summed E-state index contributed by atoms with van der Waals surface area (Å²) in [5.74, 6) is -0.150. The first-order chi connectivity index (χ1) is 8.06. The standard InChI is InChI=1S/C13H21N3O/c1-4-13(5-2,6-3)16-12(17)11-9-10(14)7-8-15-11/h7-9H,4-6H2,1-3H3,(H2,14,15)(H,16,17). The maximum atomic E-state index is 12.1. The molecule has 1 aromatic heterocycles. The van der Waals surface area contributed by atoms with E-state index in [-0.39, 0.29) is 11.4 Å². The predicted octanol–water partition coefficient (Wildman–Crippen LogP) is 2.36. The van der Waals surface area contributed by atoms with Crippen molar-refractivity contribution >= 4 is 11.6 Å². The number of amides is 1. The number of aromatic nitrogens is 1. The Labute approximate surface area is 103 Å². The minimum Gasteiger partial charge on any atom is -0.399 e. The van der Waals surface area contributed by atoms with E-state index in [0.29, 0.717) is 11.4 Å². The van der Waals surface area contributed by atoms with Crippen LogP contribution in [-0.2, 0) is 0 Å². The van der Waals surface area contributed by atoms with E-state index in [0.717, 1.165) is 19.3 Å². The average Bonchev–Trinajstić information content (AvgIpc) is 2.36. The van der Waals surface area contributed by atoms with Gasteiger partial charge in [-0.15, -0.1) is 0 Å². The van der Waals surface area contributed by atoms with Gasteiger partial charge in [0.2, 0.25) is 0 Å². The van der Waals surface area contributed by atoms with Gasteiger partial charge in [-0.1, -0.05) is 20.8 Å². The van der Waals surface area contributed by atoms with Crippen LogP contribution in [0.5, 0.6) is 0 Å². The summed E-state index contributed by atoms with van der Waals surface area (Å²) in [7, 11) is 0. The van der Waals surface area contributed by atoms with Crippen molar-refractivity contribution in [2.45, 2.75) is 45.6 Å². The van der Waals surface area contributed by atoms with Crippen LogP contribution in [0.1, 0.15) is 50.5 Å². The van der Waals surface area contributed by atoms with Crippen LogP contribution in [0.15, 0.2) is 18.3 Å². The van der Waals surface area contributed by atoms with Gasteiger partial charge in [0.15, 0.2) is 0 Å². The highest BCUT2D eigenvalue weighted by molar-refractivity contribution is 5.93. The summed E-state index contributed by atoms with van der Waals surface area (Å²) < 4.78 is 0. The number of nitrogens with one attached hydrogen (secondary N) is 1. The van der Waals surface area contributed by atoms with Gasteiger partial charge in [0.1, 0.15) is 5.69 Å². The molecule has 1 amide bonds. The molecule has 3 N–H and O–H groups in total. The molecule has 94 valence electrons. The van der Waals surface area contributed by atoms with Gasteiger partial charge in [0.25, 0.3) is 5.91 Å². The first kappa shape index (κ1) is 13.5. The van der Waals surface area contributed by atoms with E-state index in [1.54, 1.807) is 18.3 Å². The molecule has 0 bridgehead atoms. The monoisotopic (exact) mass is 235 g/mol. The number of hydrogen-bond acceptors (Lipinski definition) is 3.